The largest absolute Gasteiger partial charge is 0.462 e. The molecule has 3 rings (SSSR count). The number of carbonyl (C=O) groups is 2. The van der Waals surface area contributed by atoms with E-state index < -0.39 is 5.97 Å². The number of carbonyl (C=O) groups excluding carboxylic acids is 2. The molecule has 0 aliphatic carbocycles. The van der Waals surface area contributed by atoms with E-state index >= 15 is 0 Å². The van der Waals surface area contributed by atoms with Crippen LogP contribution in [0.4, 0.5) is 5.69 Å². The zero-order valence-electron chi connectivity index (χ0n) is 14.3. The predicted octanol–water partition coefficient (Wildman–Crippen LogP) is 2.76. The third kappa shape index (κ3) is 4.32. The number of amides is 1. The van der Waals surface area contributed by atoms with Crippen molar-refractivity contribution in [1.82, 2.24) is 15.0 Å². The van der Waals surface area contributed by atoms with Crippen LogP contribution in [0.3, 0.4) is 0 Å². The molecule has 7 nitrogen and oxygen atoms in total. The van der Waals surface area contributed by atoms with Gasteiger partial charge < -0.3 is 10.1 Å². The summed E-state index contributed by atoms with van der Waals surface area (Å²) in [5.41, 5.74) is 2.27. The quantitative estimate of drug-likeness (QED) is 0.691. The molecule has 7 heteroatoms. The zero-order chi connectivity index (χ0) is 18.4. The van der Waals surface area contributed by atoms with Crippen LogP contribution in [0.1, 0.15) is 33.3 Å². The van der Waals surface area contributed by atoms with Crippen LogP contribution in [0, 0.1) is 0 Å². The van der Waals surface area contributed by atoms with Crippen LogP contribution < -0.4 is 5.32 Å². The maximum atomic E-state index is 12.3. The Morgan fingerprint density at radius 2 is 1.81 bits per heavy atom. The molecule has 0 aliphatic rings. The van der Waals surface area contributed by atoms with Crippen LogP contribution in [0.5, 0.6) is 0 Å². The lowest BCUT2D eigenvalue weighted by Gasteiger charge is -2.05. The van der Waals surface area contributed by atoms with Crippen molar-refractivity contribution in [2.75, 3.05) is 11.9 Å². The molecule has 0 saturated carbocycles. The molecule has 0 bridgehead atoms. The third-order valence-corrected chi connectivity index (χ3v) is 3.61. The Morgan fingerprint density at radius 1 is 1.08 bits per heavy atom. The molecule has 132 valence electrons. The number of esters is 1. The number of anilines is 1. The summed E-state index contributed by atoms with van der Waals surface area (Å²) in [4.78, 5) is 23.9. The minimum absolute atomic E-state index is 0.218. The zero-order valence-corrected chi connectivity index (χ0v) is 14.3. The van der Waals surface area contributed by atoms with Crippen molar-refractivity contribution < 1.29 is 14.3 Å². The standard InChI is InChI=1S/C19H18N4O3/c1-2-26-19(25)15-8-10-16(11-9-15)20-18(24)17-13-23(22-21-17)12-14-6-4-3-5-7-14/h3-11,13H,2,12H2,1H3,(H,20,24). The smallest absolute Gasteiger partial charge is 0.338 e. The normalized spacial score (nSPS) is 10.3. The number of aromatic nitrogens is 3. The van der Waals surface area contributed by atoms with E-state index in [0.717, 1.165) is 5.56 Å². The first-order valence-electron chi connectivity index (χ1n) is 8.18. The van der Waals surface area contributed by atoms with Crippen molar-refractivity contribution in [2.45, 2.75) is 13.5 Å². The molecule has 1 aromatic heterocycles. The molecule has 3 aromatic rings. The minimum atomic E-state index is -0.394. The maximum absolute atomic E-state index is 12.3. The lowest BCUT2D eigenvalue weighted by atomic mass is 10.2. The number of ether oxygens (including phenoxy) is 1. The highest BCUT2D eigenvalue weighted by Gasteiger charge is 2.12. The number of hydrogen-bond donors (Lipinski definition) is 1. The van der Waals surface area contributed by atoms with Crippen LogP contribution in [0.2, 0.25) is 0 Å². The summed E-state index contributed by atoms with van der Waals surface area (Å²) >= 11 is 0. The van der Waals surface area contributed by atoms with Gasteiger partial charge in [0.2, 0.25) is 0 Å². The molecule has 0 saturated heterocycles. The Bertz CT molecular complexity index is 889. The van der Waals surface area contributed by atoms with Gasteiger partial charge in [0.15, 0.2) is 5.69 Å². The van der Waals surface area contributed by atoms with E-state index in [1.807, 2.05) is 30.3 Å². The molecule has 0 spiro atoms. The summed E-state index contributed by atoms with van der Waals surface area (Å²) in [6.07, 6.45) is 1.59. The SMILES string of the molecule is CCOC(=O)c1ccc(NC(=O)c2cn(Cc3ccccc3)nn2)cc1. The van der Waals surface area contributed by atoms with Crippen molar-refractivity contribution in [3.63, 3.8) is 0 Å². The van der Waals surface area contributed by atoms with Crippen LogP contribution in [0.15, 0.2) is 60.8 Å². The topological polar surface area (TPSA) is 86.1 Å². The van der Waals surface area contributed by atoms with Gasteiger partial charge in [-0.15, -0.1) is 5.10 Å². The summed E-state index contributed by atoms with van der Waals surface area (Å²) in [6.45, 7) is 2.60. The lowest BCUT2D eigenvalue weighted by Crippen LogP contribution is -2.12. The first-order valence-corrected chi connectivity index (χ1v) is 8.18. The van der Waals surface area contributed by atoms with Gasteiger partial charge in [-0.2, -0.15) is 0 Å². The van der Waals surface area contributed by atoms with Crippen LogP contribution in [0.25, 0.3) is 0 Å². The van der Waals surface area contributed by atoms with Crippen molar-refractivity contribution in [3.05, 3.63) is 77.6 Å². The van der Waals surface area contributed by atoms with Gasteiger partial charge in [0.25, 0.3) is 5.91 Å². The van der Waals surface area contributed by atoms with Crippen LogP contribution >= 0.6 is 0 Å². The van der Waals surface area contributed by atoms with Crippen LogP contribution in [-0.2, 0) is 11.3 Å². The number of nitrogens with zero attached hydrogens (tertiary/aromatic N) is 3. The molecule has 2 aromatic carbocycles. The first kappa shape index (κ1) is 17.3. The van der Waals surface area contributed by atoms with Gasteiger partial charge >= 0.3 is 5.97 Å². The van der Waals surface area contributed by atoms with E-state index in [4.69, 9.17) is 4.74 Å². The Morgan fingerprint density at radius 3 is 2.50 bits per heavy atom. The summed E-state index contributed by atoms with van der Waals surface area (Å²) in [7, 11) is 0. The highest BCUT2D eigenvalue weighted by Crippen LogP contribution is 2.12. The van der Waals surface area contributed by atoms with Gasteiger partial charge in [-0.3, -0.25) is 4.79 Å². The van der Waals surface area contributed by atoms with E-state index in [-0.39, 0.29) is 11.6 Å². The highest BCUT2D eigenvalue weighted by atomic mass is 16.5. The number of rotatable bonds is 6. The van der Waals surface area contributed by atoms with Gasteiger partial charge in [-0.25, -0.2) is 9.48 Å². The lowest BCUT2D eigenvalue weighted by molar-refractivity contribution is 0.0526. The van der Waals surface area contributed by atoms with Gasteiger partial charge in [0.1, 0.15) is 0 Å². The summed E-state index contributed by atoms with van der Waals surface area (Å²) in [6, 6.07) is 16.3. The molecule has 1 N–H and O–H groups in total. The summed E-state index contributed by atoms with van der Waals surface area (Å²) in [5, 5.41) is 10.6. The Kier molecular flexibility index (Phi) is 5.38. The second kappa shape index (κ2) is 8.06. The molecule has 0 radical (unpaired) electrons. The number of nitrogens with one attached hydrogen (secondary N) is 1. The van der Waals surface area contributed by atoms with Gasteiger partial charge in [0.05, 0.1) is 24.9 Å². The summed E-state index contributed by atoms with van der Waals surface area (Å²) < 4.78 is 6.53. The van der Waals surface area contributed by atoms with Gasteiger partial charge in [0, 0.05) is 5.69 Å². The average Bonchev–Trinajstić information content (AvgIpc) is 3.12. The fourth-order valence-electron chi connectivity index (χ4n) is 2.35. The molecule has 0 fully saturated rings. The fourth-order valence-corrected chi connectivity index (χ4v) is 2.35. The molecular formula is C19H18N4O3. The molecular weight excluding hydrogens is 332 g/mol. The number of benzene rings is 2. The molecule has 1 amide bonds. The van der Waals surface area contributed by atoms with Crippen molar-refractivity contribution in [2.24, 2.45) is 0 Å². The van der Waals surface area contributed by atoms with Crippen molar-refractivity contribution >= 4 is 17.6 Å². The second-order valence-corrected chi connectivity index (χ2v) is 5.54. The molecule has 0 unspecified atom stereocenters. The number of hydrogen-bond acceptors (Lipinski definition) is 5. The van der Waals surface area contributed by atoms with Crippen LogP contribution in [-0.4, -0.2) is 33.5 Å². The maximum Gasteiger partial charge on any atom is 0.338 e. The molecule has 0 atom stereocenters. The first-order chi connectivity index (χ1) is 12.7. The Hall–Kier alpha value is -3.48. The minimum Gasteiger partial charge on any atom is -0.462 e. The summed E-state index contributed by atoms with van der Waals surface area (Å²) in [5.74, 6) is -0.762. The Labute approximate surface area is 150 Å². The molecule has 0 aliphatic heterocycles. The van der Waals surface area contributed by atoms with E-state index in [0.29, 0.717) is 24.4 Å². The molecule has 1 heterocycles. The highest BCUT2D eigenvalue weighted by molar-refractivity contribution is 6.02. The van der Waals surface area contributed by atoms with Crippen molar-refractivity contribution in [3.8, 4) is 0 Å². The Balaban J connectivity index is 1.62. The van der Waals surface area contributed by atoms with E-state index in [9.17, 15) is 9.59 Å². The van der Waals surface area contributed by atoms with Crippen molar-refractivity contribution in [1.29, 1.82) is 0 Å². The van der Waals surface area contributed by atoms with Gasteiger partial charge in [-0.05, 0) is 36.8 Å². The predicted molar refractivity (Wildman–Crippen MR) is 95.9 cm³/mol. The second-order valence-electron chi connectivity index (χ2n) is 5.54. The van der Waals surface area contributed by atoms with E-state index in [2.05, 4.69) is 15.6 Å². The van der Waals surface area contributed by atoms with Gasteiger partial charge in [-0.1, -0.05) is 35.5 Å². The van der Waals surface area contributed by atoms with E-state index in [1.54, 1.807) is 42.1 Å². The van der Waals surface area contributed by atoms with E-state index in [1.165, 1.54) is 0 Å². The monoisotopic (exact) mass is 350 g/mol. The fraction of sp³-hybridized carbons (Fsp3) is 0.158. The average molecular weight is 350 g/mol. The molecule has 26 heavy (non-hydrogen) atoms. The third-order valence-electron chi connectivity index (χ3n) is 3.61.